The number of nitrogens with one attached hydrogen (secondary N) is 1. The van der Waals surface area contributed by atoms with Crippen molar-refractivity contribution in [3.8, 4) is 11.5 Å². The second kappa shape index (κ2) is 8.90. The summed E-state index contributed by atoms with van der Waals surface area (Å²) >= 11 is 0. The maximum absolute atomic E-state index is 14.2. The average Bonchev–Trinajstić information content (AvgIpc) is 3.02. The molecule has 0 aliphatic rings. The molecular formula is C16H24ClFN4O3S. The number of nitrogens with zero attached hydrogens (tertiary/aromatic N) is 3. The SMILES string of the molecule is CNC(C)Cc1noc(-c2cc(S(=O)(=O)N(C)C(C)C)ccc2F)n1.Cl. The summed E-state index contributed by atoms with van der Waals surface area (Å²) in [6.45, 7) is 5.47. The predicted octanol–water partition coefficient (Wildman–Crippen LogP) is 2.48. The van der Waals surface area contributed by atoms with Gasteiger partial charge in [-0.15, -0.1) is 12.4 Å². The summed E-state index contributed by atoms with van der Waals surface area (Å²) in [5.74, 6) is -0.244. The fourth-order valence-corrected chi connectivity index (χ4v) is 3.49. The van der Waals surface area contributed by atoms with E-state index < -0.39 is 15.8 Å². The van der Waals surface area contributed by atoms with Gasteiger partial charge in [0.05, 0.1) is 10.5 Å². The summed E-state index contributed by atoms with van der Waals surface area (Å²) in [5, 5.41) is 6.87. The van der Waals surface area contributed by atoms with E-state index in [1.807, 2.05) is 14.0 Å². The van der Waals surface area contributed by atoms with Crippen LogP contribution in [0.5, 0.6) is 0 Å². The molecule has 1 heterocycles. The van der Waals surface area contributed by atoms with E-state index in [2.05, 4.69) is 15.5 Å². The molecule has 26 heavy (non-hydrogen) atoms. The van der Waals surface area contributed by atoms with Crippen LogP contribution in [0.25, 0.3) is 11.5 Å². The Morgan fingerprint density at radius 3 is 2.54 bits per heavy atom. The van der Waals surface area contributed by atoms with E-state index in [1.54, 1.807) is 13.8 Å². The van der Waals surface area contributed by atoms with Crippen LogP contribution in [0.4, 0.5) is 4.39 Å². The molecule has 10 heteroatoms. The van der Waals surface area contributed by atoms with Crippen molar-refractivity contribution >= 4 is 22.4 Å². The Morgan fingerprint density at radius 2 is 1.96 bits per heavy atom. The van der Waals surface area contributed by atoms with Crippen molar-refractivity contribution in [2.75, 3.05) is 14.1 Å². The van der Waals surface area contributed by atoms with Crippen LogP contribution in [0.15, 0.2) is 27.6 Å². The van der Waals surface area contributed by atoms with Gasteiger partial charge in [0.1, 0.15) is 5.82 Å². The van der Waals surface area contributed by atoms with Gasteiger partial charge in [-0.1, -0.05) is 5.16 Å². The van der Waals surface area contributed by atoms with Crippen LogP contribution in [-0.4, -0.2) is 49.0 Å². The summed E-state index contributed by atoms with van der Waals surface area (Å²) in [4.78, 5) is 4.14. The molecule has 0 radical (unpaired) electrons. The average molecular weight is 407 g/mol. The molecule has 1 atom stereocenters. The lowest BCUT2D eigenvalue weighted by atomic mass is 10.2. The third-order valence-electron chi connectivity index (χ3n) is 4.02. The van der Waals surface area contributed by atoms with E-state index in [0.29, 0.717) is 12.2 Å². The molecule has 1 aromatic heterocycles. The first-order valence-electron chi connectivity index (χ1n) is 7.94. The Kier molecular flexibility index (Phi) is 7.70. The van der Waals surface area contributed by atoms with Crippen LogP contribution in [0.3, 0.4) is 0 Å². The fraction of sp³-hybridized carbons (Fsp3) is 0.500. The second-order valence-electron chi connectivity index (χ2n) is 6.17. The lowest BCUT2D eigenvalue weighted by Gasteiger charge is -2.21. The standard InChI is InChI=1S/C16H23FN4O3S.ClH/c1-10(2)21(5)25(22,23)12-6-7-14(17)13(9-12)16-19-15(20-24-16)8-11(3)18-4;/h6-7,9-11,18H,8H2,1-5H3;1H. The third-order valence-corrected chi connectivity index (χ3v) is 6.05. The van der Waals surface area contributed by atoms with Gasteiger partial charge in [0.2, 0.25) is 10.0 Å². The molecule has 0 amide bonds. The minimum atomic E-state index is -3.73. The van der Waals surface area contributed by atoms with Crippen molar-refractivity contribution in [2.24, 2.45) is 0 Å². The first kappa shape index (κ1) is 22.5. The molecule has 146 valence electrons. The molecule has 0 saturated heterocycles. The maximum Gasteiger partial charge on any atom is 0.260 e. The maximum atomic E-state index is 14.2. The highest BCUT2D eigenvalue weighted by molar-refractivity contribution is 7.89. The Hall–Kier alpha value is -1.55. The lowest BCUT2D eigenvalue weighted by Crippen LogP contribution is -2.33. The highest BCUT2D eigenvalue weighted by Gasteiger charge is 2.25. The van der Waals surface area contributed by atoms with Gasteiger partial charge in [0.15, 0.2) is 5.82 Å². The van der Waals surface area contributed by atoms with Crippen LogP contribution in [0, 0.1) is 5.82 Å². The molecule has 0 saturated carbocycles. The van der Waals surface area contributed by atoms with Crippen molar-refractivity contribution in [1.82, 2.24) is 19.8 Å². The number of hydrogen-bond acceptors (Lipinski definition) is 6. The summed E-state index contributed by atoms with van der Waals surface area (Å²) in [5.41, 5.74) is -0.0332. The summed E-state index contributed by atoms with van der Waals surface area (Å²) in [6.07, 6.45) is 0.510. The molecule has 2 rings (SSSR count). The summed E-state index contributed by atoms with van der Waals surface area (Å²) < 4.78 is 45.7. The number of rotatable bonds is 7. The number of halogens is 2. The zero-order chi connectivity index (χ0) is 18.8. The van der Waals surface area contributed by atoms with Gasteiger partial charge in [0.25, 0.3) is 5.89 Å². The number of benzene rings is 1. The zero-order valence-electron chi connectivity index (χ0n) is 15.4. The molecule has 0 aliphatic carbocycles. The predicted molar refractivity (Wildman–Crippen MR) is 99.3 cm³/mol. The second-order valence-corrected chi connectivity index (χ2v) is 8.16. The molecule has 0 fully saturated rings. The highest BCUT2D eigenvalue weighted by Crippen LogP contribution is 2.26. The topological polar surface area (TPSA) is 88.3 Å². The van der Waals surface area contributed by atoms with Gasteiger partial charge >= 0.3 is 0 Å². The quantitative estimate of drug-likeness (QED) is 0.759. The fourth-order valence-electron chi connectivity index (χ4n) is 2.09. The van der Waals surface area contributed by atoms with E-state index in [9.17, 15) is 12.8 Å². The van der Waals surface area contributed by atoms with E-state index in [1.165, 1.54) is 23.5 Å². The van der Waals surface area contributed by atoms with Crippen molar-refractivity contribution < 1.29 is 17.3 Å². The molecule has 0 spiro atoms. The van der Waals surface area contributed by atoms with Gasteiger partial charge in [-0.05, 0) is 46.0 Å². The third kappa shape index (κ3) is 4.79. The summed E-state index contributed by atoms with van der Waals surface area (Å²) in [7, 11) is -0.445. The number of hydrogen-bond donors (Lipinski definition) is 1. The zero-order valence-corrected chi connectivity index (χ0v) is 17.0. The summed E-state index contributed by atoms with van der Waals surface area (Å²) in [6, 6.07) is 3.45. The largest absolute Gasteiger partial charge is 0.334 e. The van der Waals surface area contributed by atoms with Crippen LogP contribution in [0.1, 0.15) is 26.6 Å². The highest BCUT2D eigenvalue weighted by atomic mass is 35.5. The first-order valence-corrected chi connectivity index (χ1v) is 9.38. The van der Waals surface area contributed by atoms with E-state index in [4.69, 9.17) is 4.52 Å². The van der Waals surface area contributed by atoms with Crippen LogP contribution >= 0.6 is 12.4 Å². The molecule has 0 aliphatic heterocycles. The van der Waals surface area contributed by atoms with Gasteiger partial charge in [-0.25, -0.2) is 12.8 Å². The first-order chi connectivity index (χ1) is 11.7. The smallest absolute Gasteiger partial charge is 0.260 e. The number of likely N-dealkylation sites (N-methyl/N-ethyl adjacent to an activating group) is 1. The molecular weight excluding hydrogens is 383 g/mol. The van der Waals surface area contributed by atoms with Gasteiger partial charge < -0.3 is 9.84 Å². The van der Waals surface area contributed by atoms with Crippen molar-refractivity contribution in [1.29, 1.82) is 0 Å². The van der Waals surface area contributed by atoms with E-state index in [-0.39, 0.29) is 40.8 Å². The number of sulfonamides is 1. The van der Waals surface area contributed by atoms with Gasteiger partial charge in [-0.3, -0.25) is 0 Å². The Morgan fingerprint density at radius 1 is 1.31 bits per heavy atom. The minimum Gasteiger partial charge on any atom is -0.334 e. The molecule has 7 nitrogen and oxygen atoms in total. The molecule has 0 bridgehead atoms. The van der Waals surface area contributed by atoms with Crippen LogP contribution < -0.4 is 5.32 Å². The molecule has 1 N–H and O–H groups in total. The minimum absolute atomic E-state index is 0. The Labute approximate surface area is 159 Å². The molecule has 1 aromatic carbocycles. The number of aromatic nitrogens is 2. The Balaban J connectivity index is 0.00000338. The van der Waals surface area contributed by atoms with Crippen molar-refractivity contribution in [3.63, 3.8) is 0 Å². The molecule has 2 aromatic rings. The van der Waals surface area contributed by atoms with E-state index in [0.717, 1.165) is 6.07 Å². The van der Waals surface area contributed by atoms with Gasteiger partial charge in [0, 0.05) is 25.6 Å². The van der Waals surface area contributed by atoms with Crippen LogP contribution in [-0.2, 0) is 16.4 Å². The molecule has 1 unspecified atom stereocenters. The van der Waals surface area contributed by atoms with Crippen LogP contribution in [0.2, 0.25) is 0 Å². The normalized spacial score (nSPS) is 13.1. The Bertz CT molecular complexity index is 842. The van der Waals surface area contributed by atoms with Crippen molar-refractivity contribution in [3.05, 3.63) is 29.8 Å². The lowest BCUT2D eigenvalue weighted by molar-refractivity contribution is 0.410. The van der Waals surface area contributed by atoms with Crippen molar-refractivity contribution in [2.45, 2.75) is 44.2 Å². The monoisotopic (exact) mass is 406 g/mol. The van der Waals surface area contributed by atoms with Gasteiger partial charge in [-0.2, -0.15) is 9.29 Å². The van der Waals surface area contributed by atoms with E-state index >= 15 is 0 Å².